The zero-order chi connectivity index (χ0) is 22.3. The van der Waals surface area contributed by atoms with Gasteiger partial charge in [0.25, 0.3) is 5.91 Å². The molecule has 2 aromatic rings. The summed E-state index contributed by atoms with van der Waals surface area (Å²) in [5.41, 5.74) is 2.58. The van der Waals surface area contributed by atoms with Gasteiger partial charge in [-0.15, -0.1) is 0 Å². The lowest BCUT2D eigenvalue weighted by molar-refractivity contribution is -0.117. The van der Waals surface area contributed by atoms with Crippen LogP contribution in [0.15, 0.2) is 54.6 Å². The number of hydrogen-bond donors (Lipinski definition) is 2. The number of amides is 3. The van der Waals surface area contributed by atoms with Crippen molar-refractivity contribution in [2.45, 2.75) is 31.8 Å². The van der Waals surface area contributed by atoms with Crippen LogP contribution in [0.5, 0.6) is 0 Å². The third kappa shape index (κ3) is 5.42. The molecule has 2 aromatic carbocycles. The molecule has 3 amide bonds. The highest BCUT2D eigenvalue weighted by atomic mass is 16.5. The molecule has 0 aromatic heterocycles. The molecule has 0 radical (unpaired) electrons. The van der Waals surface area contributed by atoms with Crippen LogP contribution < -0.4 is 15.5 Å². The molecule has 7 heteroatoms. The number of hydrogen-bond acceptors (Lipinski definition) is 4. The Morgan fingerprint density at radius 1 is 1.09 bits per heavy atom. The molecule has 7 nitrogen and oxygen atoms in total. The summed E-state index contributed by atoms with van der Waals surface area (Å²) in [6, 6.07) is 14.4. The molecule has 0 saturated carbocycles. The van der Waals surface area contributed by atoms with Crippen molar-refractivity contribution in [2.75, 3.05) is 29.9 Å². The van der Waals surface area contributed by atoms with Gasteiger partial charge in [-0.25, -0.2) is 0 Å². The zero-order valence-electron chi connectivity index (χ0n) is 17.9. The minimum absolute atomic E-state index is 0.0543. The van der Waals surface area contributed by atoms with Crippen LogP contribution in [0.25, 0.3) is 6.08 Å². The first-order chi connectivity index (χ1) is 15.6. The summed E-state index contributed by atoms with van der Waals surface area (Å²) in [5.74, 6) is -0.429. The van der Waals surface area contributed by atoms with Gasteiger partial charge >= 0.3 is 0 Å². The van der Waals surface area contributed by atoms with Crippen molar-refractivity contribution in [3.63, 3.8) is 0 Å². The first kappa shape index (κ1) is 21.8. The van der Waals surface area contributed by atoms with Gasteiger partial charge < -0.3 is 20.3 Å². The summed E-state index contributed by atoms with van der Waals surface area (Å²) in [5, 5.41) is 5.66. The quantitative estimate of drug-likeness (QED) is 0.656. The van der Waals surface area contributed by atoms with Crippen LogP contribution in [0.2, 0.25) is 0 Å². The van der Waals surface area contributed by atoms with Crippen molar-refractivity contribution < 1.29 is 19.1 Å². The Morgan fingerprint density at radius 2 is 1.91 bits per heavy atom. The Hall–Kier alpha value is -3.45. The highest BCUT2D eigenvalue weighted by Crippen LogP contribution is 2.22. The molecule has 0 aliphatic carbocycles. The van der Waals surface area contributed by atoms with Gasteiger partial charge in [-0.3, -0.25) is 14.4 Å². The number of carbonyl (C=O) groups is 3. The molecule has 0 spiro atoms. The van der Waals surface area contributed by atoms with Crippen molar-refractivity contribution in [2.24, 2.45) is 0 Å². The number of nitrogens with one attached hydrogen (secondary N) is 2. The van der Waals surface area contributed by atoms with E-state index in [0.29, 0.717) is 24.2 Å². The highest BCUT2D eigenvalue weighted by molar-refractivity contribution is 6.07. The van der Waals surface area contributed by atoms with E-state index in [2.05, 4.69) is 10.6 Å². The molecule has 2 saturated heterocycles. The molecule has 1 atom stereocenters. The minimum atomic E-state index is -0.330. The third-order valence-electron chi connectivity index (χ3n) is 5.65. The van der Waals surface area contributed by atoms with E-state index in [1.54, 1.807) is 35.2 Å². The monoisotopic (exact) mass is 433 g/mol. The Bertz CT molecular complexity index is 1010. The SMILES string of the molecule is O=C(/C=C/c1ccc(N2CCCC2=O)cc1)Nc1ccccc1C(=O)NCC1CCCO1. The van der Waals surface area contributed by atoms with E-state index in [4.69, 9.17) is 4.74 Å². The molecule has 2 fully saturated rings. The van der Waals surface area contributed by atoms with Gasteiger partial charge in [-0.1, -0.05) is 24.3 Å². The maximum absolute atomic E-state index is 12.6. The average Bonchev–Trinajstić information content (AvgIpc) is 3.48. The summed E-state index contributed by atoms with van der Waals surface area (Å²) in [6.07, 6.45) is 6.61. The van der Waals surface area contributed by atoms with Crippen LogP contribution in [0, 0.1) is 0 Å². The molecule has 2 N–H and O–H groups in total. The molecule has 2 aliphatic rings. The number of nitrogens with zero attached hydrogens (tertiary/aromatic N) is 1. The van der Waals surface area contributed by atoms with E-state index in [0.717, 1.165) is 43.7 Å². The van der Waals surface area contributed by atoms with Crippen LogP contribution in [0.1, 0.15) is 41.6 Å². The number of carbonyl (C=O) groups excluding carboxylic acids is 3. The Kier molecular flexibility index (Phi) is 6.97. The van der Waals surface area contributed by atoms with Crippen LogP contribution in [0.4, 0.5) is 11.4 Å². The summed E-state index contributed by atoms with van der Waals surface area (Å²) >= 11 is 0. The second-order valence-corrected chi connectivity index (χ2v) is 7.95. The van der Waals surface area contributed by atoms with Crippen molar-refractivity contribution in [3.8, 4) is 0 Å². The first-order valence-electron chi connectivity index (χ1n) is 11.0. The van der Waals surface area contributed by atoms with Crippen LogP contribution in [0.3, 0.4) is 0 Å². The van der Waals surface area contributed by atoms with E-state index in [1.807, 2.05) is 24.3 Å². The van der Waals surface area contributed by atoms with Crippen molar-refractivity contribution in [3.05, 3.63) is 65.7 Å². The smallest absolute Gasteiger partial charge is 0.253 e. The van der Waals surface area contributed by atoms with Crippen molar-refractivity contribution in [1.29, 1.82) is 0 Å². The summed E-state index contributed by atoms with van der Waals surface area (Å²) < 4.78 is 5.54. The van der Waals surface area contributed by atoms with Crippen LogP contribution in [-0.4, -0.2) is 43.5 Å². The van der Waals surface area contributed by atoms with Crippen molar-refractivity contribution in [1.82, 2.24) is 5.32 Å². The zero-order valence-corrected chi connectivity index (χ0v) is 17.9. The van der Waals surface area contributed by atoms with Crippen molar-refractivity contribution >= 4 is 35.2 Å². The van der Waals surface area contributed by atoms with Gasteiger partial charge in [-0.2, -0.15) is 0 Å². The predicted molar refractivity (Wildman–Crippen MR) is 123 cm³/mol. The lowest BCUT2D eigenvalue weighted by Gasteiger charge is -2.15. The maximum atomic E-state index is 12.6. The number of ether oxygens (including phenoxy) is 1. The van der Waals surface area contributed by atoms with Gasteiger partial charge in [0.1, 0.15) is 0 Å². The molecule has 166 valence electrons. The molecule has 1 unspecified atom stereocenters. The second kappa shape index (κ2) is 10.2. The number of anilines is 2. The van der Waals surface area contributed by atoms with Gasteiger partial charge in [0.15, 0.2) is 0 Å². The highest BCUT2D eigenvalue weighted by Gasteiger charge is 2.21. The minimum Gasteiger partial charge on any atom is -0.376 e. The lowest BCUT2D eigenvalue weighted by atomic mass is 10.1. The second-order valence-electron chi connectivity index (χ2n) is 7.95. The lowest BCUT2D eigenvalue weighted by Crippen LogP contribution is -2.32. The first-order valence-corrected chi connectivity index (χ1v) is 11.0. The average molecular weight is 434 g/mol. The van der Waals surface area contributed by atoms with Gasteiger partial charge in [-0.05, 0) is 55.2 Å². The largest absolute Gasteiger partial charge is 0.376 e. The van der Waals surface area contributed by atoms with Crippen LogP contribution >= 0.6 is 0 Å². The van der Waals surface area contributed by atoms with E-state index in [9.17, 15) is 14.4 Å². The van der Waals surface area contributed by atoms with Crippen LogP contribution in [-0.2, 0) is 14.3 Å². The van der Waals surface area contributed by atoms with E-state index >= 15 is 0 Å². The molecule has 4 rings (SSSR count). The third-order valence-corrected chi connectivity index (χ3v) is 5.65. The Labute approximate surface area is 187 Å². The number of benzene rings is 2. The fraction of sp³-hybridized carbons (Fsp3) is 0.320. The molecular formula is C25H27N3O4. The van der Waals surface area contributed by atoms with Gasteiger partial charge in [0, 0.05) is 37.9 Å². The summed E-state index contributed by atoms with van der Waals surface area (Å²) in [4.78, 5) is 38.7. The molecule has 32 heavy (non-hydrogen) atoms. The summed E-state index contributed by atoms with van der Waals surface area (Å²) in [7, 11) is 0. The molecule has 0 bridgehead atoms. The fourth-order valence-corrected chi connectivity index (χ4v) is 3.93. The van der Waals surface area contributed by atoms with E-state index in [1.165, 1.54) is 6.08 Å². The fourth-order valence-electron chi connectivity index (χ4n) is 3.93. The molecule has 2 heterocycles. The standard InChI is InChI=1S/C25H27N3O4/c29-23(14-11-18-9-12-19(13-10-18)28-15-3-8-24(28)30)27-22-7-2-1-6-21(22)25(31)26-17-20-5-4-16-32-20/h1-2,6-7,9-14,20H,3-5,8,15-17H2,(H,26,31)(H,27,29)/b14-11+. The van der Waals surface area contributed by atoms with E-state index in [-0.39, 0.29) is 23.8 Å². The van der Waals surface area contributed by atoms with Gasteiger partial charge in [0.05, 0.1) is 17.4 Å². The Morgan fingerprint density at radius 3 is 2.62 bits per heavy atom. The topological polar surface area (TPSA) is 87.7 Å². The maximum Gasteiger partial charge on any atom is 0.253 e. The van der Waals surface area contributed by atoms with E-state index < -0.39 is 0 Å². The number of rotatable bonds is 7. The molecular weight excluding hydrogens is 406 g/mol. The number of para-hydroxylation sites is 1. The predicted octanol–water partition coefficient (Wildman–Crippen LogP) is 3.37. The normalized spacial score (nSPS) is 18.3. The van der Waals surface area contributed by atoms with Gasteiger partial charge in [0.2, 0.25) is 11.8 Å². The Balaban J connectivity index is 1.35. The molecule has 2 aliphatic heterocycles. The summed E-state index contributed by atoms with van der Waals surface area (Å²) in [6.45, 7) is 1.94.